The maximum absolute atomic E-state index is 15.0. The Balaban J connectivity index is 2.04. The van der Waals surface area contributed by atoms with Crippen molar-refractivity contribution in [2.75, 3.05) is 12.9 Å². The number of carbonyl (C=O) groups is 1. The number of pyridine rings is 1. The molecule has 0 unspecified atom stereocenters. The van der Waals surface area contributed by atoms with Crippen LogP contribution in [0.2, 0.25) is 0 Å². The number of carbonyl (C=O) groups excluding carboxylic acids is 1. The Labute approximate surface area is 160 Å². The summed E-state index contributed by atoms with van der Waals surface area (Å²) < 4.78 is 49.0. The number of amides is 1. The molecule has 0 bridgehead atoms. The van der Waals surface area contributed by atoms with Gasteiger partial charge in [0, 0.05) is 11.6 Å². The van der Waals surface area contributed by atoms with Gasteiger partial charge in [0.1, 0.15) is 11.4 Å². The molecule has 0 saturated heterocycles. The van der Waals surface area contributed by atoms with Gasteiger partial charge in [0.2, 0.25) is 5.82 Å². The molecule has 8 nitrogen and oxygen atoms in total. The fourth-order valence-corrected chi connectivity index (χ4v) is 3.08. The van der Waals surface area contributed by atoms with Crippen LogP contribution >= 0.6 is 0 Å². The smallest absolute Gasteiger partial charge is 0.265 e. The molecule has 0 spiro atoms. The predicted molar refractivity (Wildman–Crippen MR) is 100.0 cm³/mol. The zero-order valence-corrected chi connectivity index (χ0v) is 16.0. The molecule has 0 fully saturated rings. The number of benzene rings is 1. The van der Waals surface area contributed by atoms with Crippen molar-refractivity contribution in [1.82, 2.24) is 9.97 Å². The second-order valence-corrected chi connectivity index (χ2v) is 8.05. The molecule has 1 aromatic carbocycles. The van der Waals surface area contributed by atoms with E-state index in [2.05, 4.69) is 9.97 Å². The number of nitrogens with zero attached hydrogens (tertiary/aromatic N) is 1. The molecule has 0 saturated carbocycles. The van der Waals surface area contributed by atoms with E-state index >= 15 is 0 Å². The molecular weight excluding hydrogens is 389 g/mol. The Morgan fingerprint density at radius 2 is 2.07 bits per heavy atom. The fourth-order valence-electron chi connectivity index (χ4n) is 2.52. The number of aromatic amines is 1. The number of halogens is 1. The van der Waals surface area contributed by atoms with E-state index in [4.69, 9.17) is 15.2 Å². The molecule has 0 aliphatic rings. The lowest BCUT2D eigenvalue weighted by Crippen LogP contribution is -2.10. The zero-order valence-electron chi connectivity index (χ0n) is 15.2. The summed E-state index contributed by atoms with van der Waals surface area (Å²) in [5.74, 6) is -1.59. The number of hydrogen-bond acceptors (Lipinski definition) is 6. The van der Waals surface area contributed by atoms with Crippen LogP contribution in [0.15, 0.2) is 35.5 Å². The first-order valence-corrected chi connectivity index (χ1v) is 10.2. The molecule has 2 heterocycles. The summed E-state index contributed by atoms with van der Waals surface area (Å²) >= 11 is 0. The summed E-state index contributed by atoms with van der Waals surface area (Å²) in [6.45, 7) is 2.12. The van der Waals surface area contributed by atoms with Crippen molar-refractivity contribution in [3.8, 4) is 17.2 Å². The summed E-state index contributed by atoms with van der Waals surface area (Å²) in [5, 5.41) is 0.344. The number of aromatic nitrogens is 2. The van der Waals surface area contributed by atoms with Crippen molar-refractivity contribution in [3.63, 3.8) is 0 Å². The van der Waals surface area contributed by atoms with E-state index in [9.17, 15) is 17.6 Å². The molecular formula is C18H18FN3O5S. The molecule has 28 heavy (non-hydrogen) atoms. The van der Waals surface area contributed by atoms with Crippen LogP contribution in [-0.2, 0) is 9.84 Å². The largest absolute Gasteiger partial charge is 0.488 e. The third-order valence-electron chi connectivity index (χ3n) is 3.81. The van der Waals surface area contributed by atoms with Crippen molar-refractivity contribution < 1.29 is 27.1 Å². The van der Waals surface area contributed by atoms with E-state index in [1.54, 1.807) is 0 Å². The molecule has 0 radical (unpaired) electrons. The summed E-state index contributed by atoms with van der Waals surface area (Å²) in [6, 6.07) is 5.48. The monoisotopic (exact) mass is 407 g/mol. The van der Waals surface area contributed by atoms with Crippen LogP contribution < -0.4 is 15.2 Å². The van der Waals surface area contributed by atoms with E-state index in [0.29, 0.717) is 11.8 Å². The van der Waals surface area contributed by atoms with E-state index in [1.807, 2.05) is 6.92 Å². The van der Waals surface area contributed by atoms with Crippen LogP contribution in [0.4, 0.5) is 4.39 Å². The quantitative estimate of drug-likeness (QED) is 0.620. The Bertz CT molecular complexity index is 1140. The zero-order chi connectivity index (χ0) is 20.5. The third kappa shape index (κ3) is 3.91. The maximum atomic E-state index is 15.0. The van der Waals surface area contributed by atoms with Gasteiger partial charge >= 0.3 is 0 Å². The molecule has 148 valence electrons. The number of rotatable bonds is 7. The van der Waals surface area contributed by atoms with Gasteiger partial charge < -0.3 is 20.2 Å². The first-order chi connectivity index (χ1) is 13.2. The number of ether oxygens (including phenoxy) is 2. The van der Waals surface area contributed by atoms with Crippen LogP contribution in [0.5, 0.6) is 17.2 Å². The second kappa shape index (κ2) is 7.47. The number of primary amides is 1. The Morgan fingerprint density at radius 1 is 1.32 bits per heavy atom. The molecule has 10 heteroatoms. The van der Waals surface area contributed by atoms with E-state index < -0.39 is 21.6 Å². The van der Waals surface area contributed by atoms with Gasteiger partial charge in [-0.3, -0.25) is 4.79 Å². The summed E-state index contributed by atoms with van der Waals surface area (Å²) in [6.07, 6.45) is 2.86. The van der Waals surface area contributed by atoms with Gasteiger partial charge in [-0.15, -0.1) is 0 Å². The highest BCUT2D eigenvalue weighted by Gasteiger charge is 2.20. The number of nitrogens with two attached hydrogens (primary N) is 1. The van der Waals surface area contributed by atoms with Crippen molar-refractivity contribution >= 4 is 26.6 Å². The highest BCUT2D eigenvalue weighted by Crippen LogP contribution is 2.37. The first-order valence-electron chi connectivity index (χ1n) is 8.32. The number of H-pyrrole nitrogens is 1. The molecule has 3 N–H and O–H groups in total. The standard InChI is InChI=1S/C18H18FN3O5S/c1-3-6-26-17-15(19)13(8-10-7-12(18(20)23)22-16(10)17)27-11-4-5-14(21-9-11)28(2,24)25/h4-5,7-9,22H,3,6H2,1-2H3,(H2,20,23). The van der Waals surface area contributed by atoms with Gasteiger partial charge in [-0.2, -0.15) is 4.39 Å². The maximum Gasteiger partial charge on any atom is 0.265 e. The SMILES string of the molecule is CCCOc1c(F)c(Oc2ccc(S(C)(=O)=O)nc2)cc2cc(C(N)=O)[nH]c12. The van der Waals surface area contributed by atoms with Gasteiger partial charge in [0.25, 0.3) is 5.91 Å². The minimum atomic E-state index is -3.46. The highest BCUT2D eigenvalue weighted by molar-refractivity contribution is 7.90. The van der Waals surface area contributed by atoms with Gasteiger partial charge in [0.05, 0.1) is 18.3 Å². The highest BCUT2D eigenvalue weighted by atomic mass is 32.2. The van der Waals surface area contributed by atoms with Gasteiger partial charge in [-0.25, -0.2) is 13.4 Å². The predicted octanol–water partition coefficient (Wildman–Crippen LogP) is 2.79. The van der Waals surface area contributed by atoms with E-state index in [-0.39, 0.29) is 40.1 Å². The van der Waals surface area contributed by atoms with Crippen molar-refractivity contribution in [1.29, 1.82) is 0 Å². The molecule has 1 amide bonds. The minimum Gasteiger partial charge on any atom is -0.488 e. The molecule has 0 aliphatic heterocycles. The Hall–Kier alpha value is -3.14. The topological polar surface area (TPSA) is 124 Å². The number of nitrogens with one attached hydrogen (secondary N) is 1. The van der Waals surface area contributed by atoms with Crippen molar-refractivity contribution in [2.24, 2.45) is 5.73 Å². The van der Waals surface area contributed by atoms with E-state index in [0.717, 1.165) is 6.26 Å². The molecule has 2 aromatic heterocycles. The van der Waals surface area contributed by atoms with Gasteiger partial charge in [0.15, 0.2) is 26.4 Å². The molecule has 3 aromatic rings. The van der Waals surface area contributed by atoms with Crippen LogP contribution in [0.3, 0.4) is 0 Å². The minimum absolute atomic E-state index is 0.0948. The molecule has 0 aliphatic carbocycles. The van der Waals surface area contributed by atoms with Crippen LogP contribution in [0.25, 0.3) is 10.9 Å². The normalized spacial score (nSPS) is 11.5. The average molecular weight is 407 g/mol. The van der Waals surface area contributed by atoms with Gasteiger partial charge in [-0.1, -0.05) is 6.92 Å². The second-order valence-electron chi connectivity index (χ2n) is 6.08. The lowest BCUT2D eigenvalue weighted by atomic mass is 10.2. The van der Waals surface area contributed by atoms with Crippen molar-refractivity contribution in [3.05, 3.63) is 42.0 Å². The van der Waals surface area contributed by atoms with Crippen LogP contribution in [0, 0.1) is 5.82 Å². The number of fused-ring (bicyclic) bond motifs is 1. The Kier molecular flexibility index (Phi) is 5.23. The lowest BCUT2D eigenvalue weighted by Gasteiger charge is -2.12. The van der Waals surface area contributed by atoms with E-state index in [1.165, 1.54) is 30.5 Å². The summed E-state index contributed by atoms with van der Waals surface area (Å²) in [5.41, 5.74) is 5.68. The average Bonchev–Trinajstić information content (AvgIpc) is 3.05. The fraction of sp³-hybridized carbons (Fsp3) is 0.222. The Morgan fingerprint density at radius 3 is 2.64 bits per heavy atom. The third-order valence-corrected chi connectivity index (χ3v) is 4.81. The van der Waals surface area contributed by atoms with Gasteiger partial charge in [-0.05, 0) is 30.7 Å². The number of sulfone groups is 1. The molecule has 3 rings (SSSR count). The molecule has 0 atom stereocenters. The number of hydrogen-bond donors (Lipinski definition) is 2. The van der Waals surface area contributed by atoms with Crippen LogP contribution in [-0.4, -0.2) is 37.2 Å². The van der Waals surface area contributed by atoms with Crippen LogP contribution in [0.1, 0.15) is 23.8 Å². The summed E-state index contributed by atoms with van der Waals surface area (Å²) in [4.78, 5) is 18.0. The summed E-state index contributed by atoms with van der Waals surface area (Å²) in [7, 11) is -3.46. The lowest BCUT2D eigenvalue weighted by molar-refractivity contribution is 0.0996. The van der Waals surface area contributed by atoms with Crippen molar-refractivity contribution in [2.45, 2.75) is 18.4 Å². The first kappa shape index (κ1) is 19.6.